The standard InChI is InChI=1S/C35H54O13/c1-16-29(47-32-27(40)24(37)26(39)30(43-4)48-32)25(38)28(41)31(45-16)46-19-7-10-33(2)18(14-19)5-6-22-21(33)8-11-34(3)20(9-12-35(22,34)42)17-13-23(36)44-15-17/h13,16,18-22,24-32,37-42H,5-12,14-15H2,1-4H3/t16?,18-,19?,20?,21?,22?,24?,25?,26?,27?,28?,29?,30?,31?,32?,33-,34+,35?/m0/s1. The van der Waals surface area contributed by atoms with E-state index < -0.39 is 67.2 Å². The predicted molar refractivity (Wildman–Crippen MR) is 166 cm³/mol. The van der Waals surface area contributed by atoms with Gasteiger partial charge in [0.25, 0.3) is 0 Å². The highest BCUT2D eigenvalue weighted by Gasteiger charge is 2.68. The lowest BCUT2D eigenvalue weighted by Gasteiger charge is -2.64. The van der Waals surface area contributed by atoms with Crippen LogP contribution in [-0.4, -0.2) is 124 Å². The molecule has 18 atom stereocenters. The Kier molecular flexibility index (Phi) is 9.36. The topological polar surface area (TPSA) is 194 Å². The smallest absolute Gasteiger partial charge is 0.331 e. The van der Waals surface area contributed by atoms with Crippen LogP contribution in [0.5, 0.6) is 0 Å². The summed E-state index contributed by atoms with van der Waals surface area (Å²) in [5.74, 6) is 0.854. The van der Waals surface area contributed by atoms with Crippen LogP contribution in [0.15, 0.2) is 11.6 Å². The number of aliphatic hydroxyl groups is 6. The number of hydrogen-bond acceptors (Lipinski definition) is 13. The molecule has 0 aromatic heterocycles. The lowest BCUT2D eigenvalue weighted by molar-refractivity contribution is -0.380. The highest BCUT2D eigenvalue weighted by atomic mass is 16.8. The molecular formula is C35H54O13. The van der Waals surface area contributed by atoms with Crippen LogP contribution in [0.3, 0.4) is 0 Å². The molecule has 0 amide bonds. The molecule has 7 aliphatic rings. The number of hydrogen-bond donors (Lipinski definition) is 6. The van der Waals surface area contributed by atoms with Gasteiger partial charge in [-0.3, -0.25) is 0 Å². The molecule has 0 spiro atoms. The van der Waals surface area contributed by atoms with E-state index in [2.05, 4.69) is 13.8 Å². The molecule has 0 aromatic rings. The molecular weight excluding hydrogens is 628 g/mol. The molecule has 13 nitrogen and oxygen atoms in total. The van der Waals surface area contributed by atoms with Gasteiger partial charge in [0.15, 0.2) is 18.9 Å². The maximum Gasteiger partial charge on any atom is 0.331 e. The molecule has 0 bridgehead atoms. The number of cyclic esters (lactones) is 1. The van der Waals surface area contributed by atoms with Crippen LogP contribution in [0, 0.1) is 34.5 Å². The average Bonchev–Trinajstić information content (AvgIpc) is 3.61. The van der Waals surface area contributed by atoms with Crippen molar-refractivity contribution in [2.24, 2.45) is 34.5 Å². The first-order valence-corrected chi connectivity index (χ1v) is 17.9. The Labute approximate surface area is 281 Å². The fraction of sp³-hybridized carbons (Fsp3) is 0.914. The second kappa shape index (κ2) is 12.8. The largest absolute Gasteiger partial charge is 0.458 e. The minimum Gasteiger partial charge on any atom is -0.458 e. The second-order valence-corrected chi connectivity index (χ2v) is 16.2. The number of rotatable bonds is 6. The number of methoxy groups -OCH3 is 1. The van der Waals surface area contributed by atoms with E-state index in [4.69, 9.17) is 28.4 Å². The van der Waals surface area contributed by atoms with Gasteiger partial charge in [-0.2, -0.15) is 0 Å². The second-order valence-electron chi connectivity index (χ2n) is 16.2. The minimum atomic E-state index is -1.62. The van der Waals surface area contributed by atoms with Crippen molar-refractivity contribution < 1.29 is 63.9 Å². The molecule has 15 unspecified atom stereocenters. The van der Waals surface area contributed by atoms with E-state index in [9.17, 15) is 35.4 Å². The minimum absolute atomic E-state index is 0.0421. The number of carbonyl (C=O) groups is 1. The van der Waals surface area contributed by atoms with Gasteiger partial charge in [-0.05, 0) is 99.4 Å². The maximum absolute atomic E-state index is 12.5. The molecule has 2 saturated heterocycles. The van der Waals surface area contributed by atoms with E-state index in [1.165, 1.54) is 7.11 Å². The average molecular weight is 683 g/mol. The summed E-state index contributed by atoms with van der Waals surface area (Å²) in [5.41, 5.74) is 0.0248. The Bertz CT molecular complexity index is 1240. The van der Waals surface area contributed by atoms with Gasteiger partial charge in [0, 0.05) is 18.6 Å². The van der Waals surface area contributed by atoms with Gasteiger partial charge in [0.05, 0.1) is 17.8 Å². The van der Waals surface area contributed by atoms with Crippen molar-refractivity contribution >= 4 is 5.97 Å². The van der Waals surface area contributed by atoms with E-state index in [1.807, 2.05) is 0 Å². The quantitative estimate of drug-likeness (QED) is 0.171. The molecule has 6 fully saturated rings. The Morgan fingerprint density at radius 1 is 0.792 bits per heavy atom. The molecule has 48 heavy (non-hydrogen) atoms. The predicted octanol–water partition coefficient (Wildman–Crippen LogP) is 0.892. The third-order valence-electron chi connectivity index (χ3n) is 14.1. The van der Waals surface area contributed by atoms with Crippen molar-refractivity contribution in [1.29, 1.82) is 0 Å². The summed E-state index contributed by atoms with van der Waals surface area (Å²) in [5, 5.41) is 65.3. The molecule has 272 valence electrons. The zero-order chi connectivity index (χ0) is 34.3. The highest BCUT2D eigenvalue weighted by Crippen LogP contribution is 2.70. The Morgan fingerprint density at radius 3 is 2.21 bits per heavy atom. The summed E-state index contributed by atoms with van der Waals surface area (Å²) in [7, 11) is 1.27. The van der Waals surface area contributed by atoms with E-state index in [0.29, 0.717) is 18.4 Å². The molecule has 13 heteroatoms. The molecule has 6 N–H and O–H groups in total. The normalized spacial score (nSPS) is 55.3. The van der Waals surface area contributed by atoms with Gasteiger partial charge in [0.1, 0.15) is 43.2 Å². The van der Waals surface area contributed by atoms with Gasteiger partial charge < -0.3 is 59.1 Å². The van der Waals surface area contributed by atoms with Crippen LogP contribution in [0.2, 0.25) is 0 Å². The molecule has 7 rings (SSSR count). The van der Waals surface area contributed by atoms with Crippen LogP contribution in [0.1, 0.15) is 78.6 Å². The molecule has 3 aliphatic heterocycles. The van der Waals surface area contributed by atoms with Crippen molar-refractivity contribution in [3.05, 3.63) is 11.6 Å². The van der Waals surface area contributed by atoms with Gasteiger partial charge in [-0.25, -0.2) is 4.79 Å². The van der Waals surface area contributed by atoms with Crippen molar-refractivity contribution in [3.8, 4) is 0 Å². The Balaban J connectivity index is 0.977. The van der Waals surface area contributed by atoms with E-state index >= 15 is 0 Å². The third-order valence-corrected chi connectivity index (χ3v) is 14.1. The molecule has 0 radical (unpaired) electrons. The summed E-state index contributed by atoms with van der Waals surface area (Å²) in [4.78, 5) is 11.9. The number of ether oxygens (including phenoxy) is 6. The zero-order valence-corrected chi connectivity index (χ0v) is 28.3. The van der Waals surface area contributed by atoms with Crippen LogP contribution >= 0.6 is 0 Å². The number of aliphatic hydroxyl groups excluding tert-OH is 5. The first-order chi connectivity index (χ1) is 22.7. The van der Waals surface area contributed by atoms with Crippen molar-refractivity contribution in [1.82, 2.24) is 0 Å². The van der Waals surface area contributed by atoms with Crippen LogP contribution in [0.25, 0.3) is 0 Å². The summed E-state index contributed by atoms with van der Waals surface area (Å²) < 4.78 is 33.9. The van der Waals surface area contributed by atoms with Gasteiger partial charge >= 0.3 is 5.97 Å². The monoisotopic (exact) mass is 682 g/mol. The molecule has 0 aromatic carbocycles. The van der Waals surface area contributed by atoms with Gasteiger partial charge in [-0.1, -0.05) is 13.8 Å². The van der Waals surface area contributed by atoms with E-state index in [1.54, 1.807) is 13.0 Å². The van der Waals surface area contributed by atoms with E-state index in [0.717, 1.165) is 63.4 Å². The van der Waals surface area contributed by atoms with Crippen LogP contribution in [-0.2, 0) is 33.2 Å². The first kappa shape index (κ1) is 35.2. The lowest BCUT2D eigenvalue weighted by atomic mass is 9.43. The number of esters is 1. The lowest BCUT2D eigenvalue weighted by Crippen LogP contribution is -2.64. The maximum atomic E-state index is 12.5. The Hall–Kier alpha value is -1.23. The summed E-state index contributed by atoms with van der Waals surface area (Å²) in [6.45, 7) is 6.63. The summed E-state index contributed by atoms with van der Waals surface area (Å²) in [6, 6.07) is 0. The summed E-state index contributed by atoms with van der Waals surface area (Å²) in [6.07, 6.45) is -3.86. The SMILES string of the molecule is COC1OC(OC2C(C)OC(OC3CC[C@]4(C)C5CC[C@]6(C)C(C7=CC(=O)OC7)CCC6(O)C5CC[C@H]4C3)C(O)C2O)C(O)C(O)C1O. The van der Waals surface area contributed by atoms with Crippen LogP contribution in [0.4, 0.5) is 0 Å². The first-order valence-electron chi connectivity index (χ1n) is 17.9. The van der Waals surface area contributed by atoms with Gasteiger partial charge in [-0.15, -0.1) is 0 Å². The Morgan fingerprint density at radius 2 is 1.50 bits per heavy atom. The van der Waals surface area contributed by atoms with Crippen molar-refractivity contribution in [2.45, 2.75) is 152 Å². The molecule has 3 heterocycles. The number of fused-ring (bicyclic) bond motifs is 5. The van der Waals surface area contributed by atoms with Crippen molar-refractivity contribution in [3.63, 3.8) is 0 Å². The van der Waals surface area contributed by atoms with Crippen molar-refractivity contribution in [2.75, 3.05) is 13.7 Å². The fourth-order valence-electron chi connectivity index (χ4n) is 11.3. The number of carbonyl (C=O) groups excluding carboxylic acids is 1. The van der Waals surface area contributed by atoms with Gasteiger partial charge in [0.2, 0.25) is 0 Å². The highest BCUT2D eigenvalue weighted by molar-refractivity contribution is 5.85. The molecule has 4 saturated carbocycles. The molecule has 4 aliphatic carbocycles. The zero-order valence-electron chi connectivity index (χ0n) is 28.3. The fourth-order valence-corrected chi connectivity index (χ4v) is 11.3. The summed E-state index contributed by atoms with van der Waals surface area (Å²) >= 11 is 0. The van der Waals surface area contributed by atoms with Crippen LogP contribution < -0.4 is 0 Å². The van der Waals surface area contributed by atoms with E-state index in [-0.39, 0.29) is 34.7 Å². The third kappa shape index (κ3) is 5.42.